The van der Waals surface area contributed by atoms with Crippen LogP contribution in [0.15, 0.2) is 34.9 Å². The number of hydrogen-bond acceptors (Lipinski definition) is 2. The van der Waals surface area contributed by atoms with Gasteiger partial charge in [0.15, 0.2) is 0 Å². The molecule has 1 heterocycles. The molecule has 1 N–H and O–H groups in total. The average Bonchev–Trinajstić information content (AvgIpc) is 2.71. The van der Waals surface area contributed by atoms with Crippen LogP contribution >= 0.6 is 0 Å². The van der Waals surface area contributed by atoms with Crippen molar-refractivity contribution in [1.29, 1.82) is 0 Å². The molecule has 0 aliphatic heterocycles. The number of benzene rings is 1. The van der Waals surface area contributed by atoms with Gasteiger partial charge in [0.25, 0.3) is 0 Å². The lowest BCUT2D eigenvalue weighted by atomic mass is 9.99. The third-order valence-corrected chi connectivity index (χ3v) is 2.84. The zero-order valence-corrected chi connectivity index (χ0v) is 10.3. The second-order valence-corrected chi connectivity index (χ2v) is 4.24. The fourth-order valence-electron chi connectivity index (χ4n) is 2.00. The van der Waals surface area contributed by atoms with Gasteiger partial charge in [-0.05, 0) is 33.0 Å². The Morgan fingerprint density at radius 1 is 1.24 bits per heavy atom. The van der Waals surface area contributed by atoms with Gasteiger partial charge < -0.3 is 9.73 Å². The second-order valence-electron chi connectivity index (χ2n) is 4.24. The van der Waals surface area contributed by atoms with E-state index in [4.69, 9.17) is 4.42 Å². The van der Waals surface area contributed by atoms with E-state index in [0.29, 0.717) is 5.56 Å². The lowest BCUT2D eigenvalue weighted by Gasteiger charge is -2.16. The molecule has 0 amide bonds. The molecule has 2 nitrogen and oxygen atoms in total. The maximum Gasteiger partial charge on any atom is 0.128 e. The first-order valence-corrected chi connectivity index (χ1v) is 5.60. The topological polar surface area (TPSA) is 25.2 Å². The maximum absolute atomic E-state index is 13.8. The maximum atomic E-state index is 13.8. The van der Waals surface area contributed by atoms with Crippen molar-refractivity contribution in [3.63, 3.8) is 0 Å². The minimum atomic E-state index is -0.200. The molecule has 90 valence electrons. The van der Waals surface area contributed by atoms with Crippen LogP contribution in [0.2, 0.25) is 0 Å². The Morgan fingerprint density at radius 2 is 2.00 bits per heavy atom. The lowest BCUT2D eigenvalue weighted by molar-refractivity contribution is 0.524. The van der Waals surface area contributed by atoms with E-state index in [9.17, 15) is 4.39 Å². The molecule has 0 spiro atoms. The second kappa shape index (κ2) is 4.72. The first kappa shape index (κ1) is 11.9. The lowest BCUT2D eigenvalue weighted by Crippen LogP contribution is -2.18. The van der Waals surface area contributed by atoms with Crippen LogP contribution in [0.4, 0.5) is 4.39 Å². The molecule has 0 saturated carbocycles. The molecule has 1 unspecified atom stereocenters. The highest BCUT2D eigenvalue weighted by Gasteiger charge is 2.17. The van der Waals surface area contributed by atoms with Crippen LogP contribution < -0.4 is 5.32 Å². The smallest absolute Gasteiger partial charge is 0.128 e. The third-order valence-electron chi connectivity index (χ3n) is 2.84. The Morgan fingerprint density at radius 3 is 2.59 bits per heavy atom. The van der Waals surface area contributed by atoms with Gasteiger partial charge in [-0.3, -0.25) is 0 Å². The van der Waals surface area contributed by atoms with E-state index < -0.39 is 0 Å². The Hall–Kier alpha value is -1.61. The van der Waals surface area contributed by atoms with Gasteiger partial charge in [0, 0.05) is 11.1 Å². The molecule has 0 fully saturated rings. The minimum Gasteiger partial charge on any atom is -0.469 e. The number of hydrogen-bond donors (Lipinski definition) is 1. The van der Waals surface area contributed by atoms with Crippen LogP contribution in [-0.4, -0.2) is 7.05 Å². The predicted octanol–water partition coefficient (Wildman–Crippen LogP) is 3.34. The summed E-state index contributed by atoms with van der Waals surface area (Å²) in [4.78, 5) is 0. The van der Waals surface area contributed by atoms with E-state index >= 15 is 0 Å². The Balaban J connectivity index is 2.45. The van der Waals surface area contributed by atoms with Crippen molar-refractivity contribution >= 4 is 0 Å². The summed E-state index contributed by atoms with van der Waals surface area (Å²) >= 11 is 0. The summed E-state index contributed by atoms with van der Waals surface area (Å²) in [6, 6.07) is 6.88. The molecule has 0 aliphatic carbocycles. The van der Waals surface area contributed by atoms with Gasteiger partial charge in [0.2, 0.25) is 0 Å². The fraction of sp³-hybridized carbons (Fsp3) is 0.286. The quantitative estimate of drug-likeness (QED) is 0.879. The summed E-state index contributed by atoms with van der Waals surface area (Å²) in [6.07, 6.45) is 1.66. The van der Waals surface area contributed by atoms with Crippen LogP contribution in [0.1, 0.15) is 28.5 Å². The average molecular weight is 233 g/mol. The van der Waals surface area contributed by atoms with Crippen molar-refractivity contribution < 1.29 is 8.81 Å². The number of halogens is 1. The normalized spacial score (nSPS) is 12.7. The number of furan rings is 1. The first-order valence-electron chi connectivity index (χ1n) is 5.60. The number of rotatable bonds is 3. The van der Waals surface area contributed by atoms with Crippen molar-refractivity contribution in [2.75, 3.05) is 7.05 Å². The minimum absolute atomic E-state index is 0.174. The van der Waals surface area contributed by atoms with E-state index in [1.54, 1.807) is 12.3 Å². The van der Waals surface area contributed by atoms with Gasteiger partial charge >= 0.3 is 0 Å². The third kappa shape index (κ3) is 2.39. The highest BCUT2D eigenvalue weighted by Crippen LogP contribution is 2.26. The standard InChI is InChI=1S/C14H16FNO/c1-9-4-5-13(15)12(6-9)14(16-3)11-7-10(2)17-8-11/h4-8,14,16H,1-3H3. The van der Waals surface area contributed by atoms with Gasteiger partial charge in [0.05, 0.1) is 12.3 Å². The summed E-state index contributed by atoms with van der Waals surface area (Å²) < 4.78 is 19.1. The number of aryl methyl sites for hydroxylation is 2. The van der Waals surface area contributed by atoms with Crippen LogP contribution in [-0.2, 0) is 0 Å². The molecular weight excluding hydrogens is 217 g/mol. The molecule has 1 aromatic carbocycles. The summed E-state index contributed by atoms with van der Waals surface area (Å²) in [5, 5.41) is 3.12. The number of nitrogens with one attached hydrogen (secondary N) is 1. The van der Waals surface area contributed by atoms with Gasteiger partial charge in [-0.2, -0.15) is 0 Å². The molecule has 0 aliphatic rings. The summed E-state index contributed by atoms with van der Waals surface area (Å²) in [5.41, 5.74) is 2.63. The monoisotopic (exact) mass is 233 g/mol. The molecule has 2 rings (SSSR count). The fourth-order valence-corrected chi connectivity index (χ4v) is 2.00. The zero-order valence-electron chi connectivity index (χ0n) is 10.3. The van der Waals surface area contributed by atoms with Crippen molar-refractivity contribution in [1.82, 2.24) is 5.32 Å². The molecule has 0 saturated heterocycles. The SMILES string of the molecule is CNC(c1coc(C)c1)c1cc(C)ccc1F. The molecule has 2 aromatic rings. The zero-order chi connectivity index (χ0) is 12.4. The van der Waals surface area contributed by atoms with Crippen molar-refractivity contribution in [2.24, 2.45) is 0 Å². The Bertz CT molecular complexity index is 519. The van der Waals surface area contributed by atoms with Crippen LogP contribution in [0.3, 0.4) is 0 Å². The van der Waals surface area contributed by atoms with Crippen LogP contribution in [0, 0.1) is 19.7 Å². The molecule has 3 heteroatoms. The molecule has 1 atom stereocenters. The summed E-state index contributed by atoms with van der Waals surface area (Å²) in [5.74, 6) is 0.627. The summed E-state index contributed by atoms with van der Waals surface area (Å²) in [7, 11) is 1.81. The van der Waals surface area contributed by atoms with E-state index in [-0.39, 0.29) is 11.9 Å². The molecule has 17 heavy (non-hydrogen) atoms. The highest BCUT2D eigenvalue weighted by atomic mass is 19.1. The predicted molar refractivity (Wildman–Crippen MR) is 65.5 cm³/mol. The van der Waals surface area contributed by atoms with Gasteiger partial charge in [-0.15, -0.1) is 0 Å². The molecular formula is C14H16FNO. The Kier molecular flexibility index (Phi) is 3.29. The first-order chi connectivity index (χ1) is 8.11. The van der Waals surface area contributed by atoms with Crippen molar-refractivity contribution in [2.45, 2.75) is 19.9 Å². The molecule has 0 radical (unpaired) electrons. The van der Waals surface area contributed by atoms with Crippen molar-refractivity contribution in [3.8, 4) is 0 Å². The van der Waals surface area contributed by atoms with Gasteiger partial charge in [0.1, 0.15) is 11.6 Å². The molecule has 1 aromatic heterocycles. The van der Waals surface area contributed by atoms with Crippen LogP contribution in [0.25, 0.3) is 0 Å². The Labute approximate surface area is 100 Å². The van der Waals surface area contributed by atoms with E-state index in [1.165, 1.54) is 6.07 Å². The van der Waals surface area contributed by atoms with Crippen molar-refractivity contribution in [3.05, 3.63) is 58.8 Å². The largest absolute Gasteiger partial charge is 0.469 e. The highest BCUT2D eigenvalue weighted by molar-refractivity contribution is 5.34. The van der Waals surface area contributed by atoms with Gasteiger partial charge in [-0.1, -0.05) is 17.7 Å². The van der Waals surface area contributed by atoms with E-state index in [0.717, 1.165) is 16.9 Å². The summed E-state index contributed by atoms with van der Waals surface area (Å²) in [6.45, 7) is 3.83. The van der Waals surface area contributed by atoms with E-state index in [1.807, 2.05) is 33.0 Å². The van der Waals surface area contributed by atoms with Crippen LogP contribution in [0.5, 0.6) is 0 Å². The van der Waals surface area contributed by atoms with E-state index in [2.05, 4.69) is 5.32 Å². The van der Waals surface area contributed by atoms with Gasteiger partial charge in [-0.25, -0.2) is 4.39 Å². The molecule has 0 bridgehead atoms.